The number of ether oxygens (including phenoxy) is 1. The highest BCUT2D eigenvalue weighted by Gasteiger charge is 2.74. The zero-order valence-corrected chi connectivity index (χ0v) is 16.5. The Balaban J connectivity index is 2.20. The second-order valence-electron chi connectivity index (χ2n) is 6.64. The number of alkyl halides is 7. The summed E-state index contributed by atoms with van der Waals surface area (Å²) in [6, 6.07) is 3.61. The Morgan fingerprint density at radius 2 is 1.76 bits per heavy atom. The zero-order chi connectivity index (χ0) is 24.6. The van der Waals surface area contributed by atoms with Crippen molar-refractivity contribution >= 4 is 24.0 Å². The molecule has 3 amide bonds. The lowest BCUT2D eigenvalue weighted by molar-refractivity contribution is -0.348. The summed E-state index contributed by atoms with van der Waals surface area (Å²) < 4.78 is 99.6. The van der Waals surface area contributed by atoms with Crippen molar-refractivity contribution in [2.45, 2.75) is 24.6 Å². The molecule has 7 nitrogen and oxygen atoms in total. The number of fused-ring (bicyclic) bond motifs is 1. The average molecular weight is 478 g/mol. The molecule has 1 aliphatic heterocycles. The Kier molecular flexibility index (Phi) is 6.04. The number of urea groups is 1. The monoisotopic (exact) mass is 478 g/mol. The average Bonchev–Trinajstić information content (AvgIpc) is 2.75. The molecular formula is C19H13F7N4O3. The zero-order valence-electron chi connectivity index (χ0n) is 16.5. The van der Waals surface area contributed by atoms with Gasteiger partial charge in [-0.25, -0.2) is 19.0 Å². The summed E-state index contributed by atoms with van der Waals surface area (Å²) in [6.45, 7) is -0.655. The molecule has 1 aromatic heterocycles. The van der Waals surface area contributed by atoms with Crippen molar-refractivity contribution in [3.8, 4) is 0 Å². The van der Waals surface area contributed by atoms with Gasteiger partial charge in [0.1, 0.15) is 0 Å². The number of imide groups is 1. The minimum atomic E-state index is -6.46. The van der Waals surface area contributed by atoms with Crippen LogP contribution in [-0.2, 0) is 17.0 Å². The van der Waals surface area contributed by atoms with Gasteiger partial charge in [0.25, 0.3) is 0 Å². The number of rotatable bonds is 3. The predicted octanol–water partition coefficient (Wildman–Crippen LogP) is 4.91. The van der Waals surface area contributed by atoms with Gasteiger partial charge in [0, 0.05) is 23.5 Å². The van der Waals surface area contributed by atoms with Crippen molar-refractivity contribution < 1.29 is 45.1 Å². The summed E-state index contributed by atoms with van der Waals surface area (Å²) in [7, 11) is 0.742. The van der Waals surface area contributed by atoms with E-state index in [2.05, 4.69) is 14.8 Å². The van der Waals surface area contributed by atoms with Gasteiger partial charge in [-0.05, 0) is 11.6 Å². The third-order valence-corrected chi connectivity index (χ3v) is 4.62. The molecule has 0 aliphatic carbocycles. The molecule has 1 aromatic carbocycles. The van der Waals surface area contributed by atoms with Crippen LogP contribution >= 0.6 is 0 Å². The van der Waals surface area contributed by atoms with Crippen molar-refractivity contribution in [3.05, 3.63) is 59.4 Å². The van der Waals surface area contributed by atoms with Gasteiger partial charge in [-0.3, -0.25) is 4.98 Å². The number of nitrogens with zero attached hydrogens (tertiary/aromatic N) is 4. The molecular weight excluding hydrogens is 465 g/mol. The molecule has 3 rings (SSSR count). The number of halogens is 7. The van der Waals surface area contributed by atoms with Gasteiger partial charge in [-0.1, -0.05) is 24.3 Å². The van der Waals surface area contributed by atoms with E-state index in [0.717, 1.165) is 25.5 Å². The normalized spacial score (nSPS) is 15.1. The minimum Gasteiger partial charge on any atom is -0.452 e. The topological polar surface area (TPSA) is 75.1 Å². The maximum Gasteiger partial charge on any atom is 0.436 e. The Morgan fingerprint density at radius 3 is 2.30 bits per heavy atom. The van der Waals surface area contributed by atoms with E-state index < -0.39 is 53.5 Å². The van der Waals surface area contributed by atoms with Gasteiger partial charge in [0.05, 0.1) is 25.6 Å². The van der Waals surface area contributed by atoms with Crippen molar-refractivity contribution in [1.29, 1.82) is 0 Å². The first kappa shape index (κ1) is 23.9. The molecule has 2 heterocycles. The van der Waals surface area contributed by atoms with E-state index in [9.17, 15) is 40.3 Å². The van der Waals surface area contributed by atoms with Crippen molar-refractivity contribution in [2.24, 2.45) is 5.10 Å². The highest BCUT2D eigenvalue weighted by atomic mass is 19.4. The van der Waals surface area contributed by atoms with E-state index in [1.807, 2.05) is 0 Å². The van der Waals surface area contributed by atoms with Gasteiger partial charge in [0.15, 0.2) is 0 Å². The lowest BCUT2D eigenvalue weighted by atomic mass is 9.89. The minimum absolute atomic E-state index is 0.124. The van der Waals surface area contributed by atoms with E-state index >= 15 is 0 Å². The second-order valence-corrected chi connectivity index (χ2v) is 6.64. The Labute approximate surface area is 181 Å². The number of hydrogen-bond donors (Lipinski definition) is 0. The predicted molar refractivity (Wildman–Crippen MR) is 99.0 cm³/mol. The molecule has 0 saturated carbocycles. The lowest BCUT2D eigenvalue weighted by Crippen LogP contribution is -2.54. The summed E-state index contributed by atoms with van der Waals surface area (Å²) in [5.41, 5.74) is -9.09. The van der Waals surface area contributed by atoms with Crippen LogP contribution in [0.25, 0.3) is 0 Å². The summed E-state index contributed by atoms with van der Waals surface area (Å²) >= 11 is 0. The quantitative estimate of drug-likeness (QED) is 0.464. The van der Waals surface area contributed by atoms with Crippen LogP contribution < -0.4 is 4.90 Å². The standard InChI is InChI=1S/C19H13F7N4O3/c1-33-16(32)30-14-12(10-29(15(30)31)28-9-11-4-3-7-27-8-11)5-2-6-13(14)17(20,18(21,22)23)19(24,25)26/h2-9H,10H2,1H3. The molecule has 1 aliphatic rings. The number of carbonyl (C=O) groups excluding carboxylic acids is 2. The summed E-state index contributed by atoms with van der Waals surface area (Å²) in [4.78, 5) is 28.8. The van der Waals surface area contributed by atoms with E-state index in [4.69, 9.17) is 0 Å². The Hall–Kier alpha value is -3.71. The lowest BCUT2D eigenvalue weighted by Gasteiger charge is -2.37. The van der Waals surface area contributed by atoms with E-state index in [1.165, 1.54) is 18.5 Å². The molecule has 0 bridgehead atoms. The third kappa shape index (κ3) is 4.07. The molecule has 176 valence electrons. The first-order valence-corrected chi connectivity index (χ1v) is 8.91. The van der Waals surface area contributed by atoms with Gasteiger partial charge >= 0.3 is 30.1 Å². The molecule has 0 unspecified atom stereocenters. The third-order valence-electron chi connectivity index (χ3n) is 4.62. The van der Waals surface area contributed by atoms with Crippen LogP contribution in [0.1, 0.15) is 16.7 Å². The summed E-state index contributed by atoms with van der Waals surface area (Å²) in [5, 5.41) is 4.42. The Bertz CT molecular complexity index is 1070. The number of amides is 3. The molecule has 0 fully saturated rings. The number of methoxy groups -OCH3 is 1. The number of benzene rings is 1. The number of aromatic nitrogens is 1. The highest BCUT2D eigenvalue weighted by molar-refractivity contribution is 6.13. The molecule has 33 heavy (non-hydrogen) atoms. The largest absolute Gasteiger partial charge is 0.452 e. The first-order chi connectivity index (χ1) is 15.3. The first-order valence-electron chi connectivity index (χ1n) is 8.91. The van der Waals surface area contributed by atoms with Crippen LogP contribution in [0.4, 0.5) is 46.0 Å². The van der Waals surface area contributed by atoms with Crippen molar-refractivity contribution in [1.82, 2.24) is 9.99 Å². The number of carbonyl (C=O) groups is 2. The number of anilines is 1. The van der Waals surface area contributed by atoms with Crippen LogP contribution in [0.15, 0.2) is 47.8 Å². The van der Waals surface area contributed by atoms with Crippen molar-refractivity contribution in [2.75, 3.05) is 12.0 Å². The van der Waals surface area contributed by atoms with Crippen LogP contribution in [-0.4, -0.2) is 47.8 Å². The Morgan fingerprint density at radius 1 is 1.09 bits per heavy atom. The summed E-state index contributed by atoms with van der Waals surface area (Å²) in [6.07, 6.45) is -10.6. The number of hydrazone groups is 1. The molecule has 0 radical (unpaired) electrons. The van der Waals surface area contributed by atoms with Crippen LogP contribution in [0.3, 0.4) is 0 Å². The van der Waals surface area contributed by atoms with E-state index in [0.29, 0.717) is 10.6 Å². The SMILES string of the molecule is COC(=O)N1C(=O)N(N=Cc2cccnc2)Cc2cccc(C(F)(C(F)(F)F)C(F)(F)F)c21. The number of pyridine rings is 1. The fraction of sp³-hybridized carbons (Fsp3) is 0.263. The van der Waals surface area contributed by atoms with Gasteiger partial charge in [-0.15, -0.1) is 0 Å². The van der Waals surface area contributed by atoms with Gasteiger partial charge in [-0.2, -0.15) is 36.3 Å². The maximum absolute atomic E-state index is 14.9. The molecule has 0 atom stereocenters. The molecule has 2 aromatic rings. The van der Waals surface area contributed by atoms with E-state index in [-0.39, 0.29) is 11.0 Å². The second kappa shape index (κ2) is 8.33. The number of hydrogen-bond acceptors (Lipinski definition) is 5. The fourth-order valence-corrected chi connectivity index (χ4v) is 3.11. The maximum atomic E-state index is 14.9. The van der Waals surface area contributed by atoms with Gasteiger partial charge < -0.3 is 4.74 Å². The van der Waals surface area contributed by atoms with Crippen LogP contribution in [0.5, 0.6) is 0 Å². The number of para-hydroxylation sites is 1. The van der Waals surface area contributed by atoms with E-state index in [1.54, 1.807) is 6.07 Å². The molecule has 0 spiro atoms. The van der Waals surface area contributed by atoms with Gasteiger partial charge in [0.2, 0.25) is 0 Å². The van der Waals surface area contributed by atoms with Crippen molar-refractivity contribution in [3.63, 3.8) is 0 Å². The fourth-order valence-electron chi connectivity index (χ4n) is 3.11. The highest BCUT2D eigenvalue weighted by Crippen LogP contribution is 2.56. The molecule has 0 saturated heterocycles. The van der Waals surface area contributed by atoms with Crippen LogP contribution in [0, 0.1) is 0 Å². The van der Waals surface area contributed by atoms with Crippen LogP contribution in [0.2, 0.25) is 0 Å². The smallest absolute Gasteiger partial charge is 0.436 e. The summed E-state index contributed by atoms with van der Waals surface area (Å²) in [5.74, 6) is 0. The molecule has 0 N–H and O–H groups in total. The molecule has 14 heteroatoms.